The number of nitrogens with zero attached hydrogens (tertiary/aromatic N) is 1. The molecule has 0 spiro atoms. The van der Waals surface area contributed by atoms with Gasteiger partial charge in [0.25, 0.3) is 0 Å². The van der Waals surface area contributed by atoms with Crippen LogP contribution in [-0.4, -0.2) is 29.2 Å². The Balaban J connectivity index is 4.19. The summed E-state index contributed by atoms with van der Waals surface area (Å²) in [5, 5.41) is 0.443. The molecule has 6 heteroatoms. The summed E-state index contributed by atoms with van der Waals surface area (Å²) in [7, 11) is 0. The minimum Gasteiger partial charge on any atom is -0.442 e. The van der Waals surface area contributed by atoms with Gasteiger partial charge >= 0.3 is 6.09 Å². The van der Waals surface area contributed by atoms with Crippen molar-refractivity contribution < 1.29 is 14.3 Å². The summed E-state index contributed by atoms with van der Waals surface area (Å²) in [5.74, 6) is 4.65. The molecule has 82 valence electrons. The normalized spacial score (nSPS) is 10.9. The van der Waals surface area contributed by atoms with Crippen LogP contribution in [0.15, 0.2) is 0 Å². The van der Waals surface area contributed by atoms with Gasteiger partial charge in [0.1, 0.15) is 5.60 Å². The third kappa shape index (κ3) is 4.78. The highest BCUT2D eigenvalue weighted by atomic mass is 16.6. The standard InChI is InChI=1S/C8H17N3O3/c1-8(2,3)14-7(13)11(10)6(12)4-5-9/h4-5,9-10H2,1-3H3. The lowest BCUT2D eigenvalue weighted by atomic mass is 10.2. The van der Waals surface area contributed by atoms with Crippen LogP contribution in [-0.2, 0) is 9.53 Å². The maximum Gasteiger partial charge on any atom is 0.431 e. The number of hydrogen-bond acceptors (Lipinski definition) is 5. The molecule has 0 aromatic carbocycles. The number of ether oxygens (including phenoxy) is 1. The van der Waals surface area contributed by atoms with Crippen molar-refractivity contribution in [1.29, 1.82) is 0 Å². The number of carbonyl (C=O) groups excluding carboxylic acids is 2. The molecule has 0 saturated carbocycles. The molecule has 2 amide bonds. The van der Waals surface area contributed by atoms with Crippen molar-refractivity contribution in [3.8, 4) is 0 Å². The van der Waals surface area contributed by atoms with Crippen molar-refractivity contribution in [3.63, 3.8) is 0 Å². The second kappa shape index (κ2) is 4.92. The van der Waals surface area contributed by atoms with E-state index < -0.39 is 17.6 Å². The maximum absolute atomic E-state index is 11.2. The second-order valence-corrected chi connectivity index (χ2v) is 3.78. The highest BCUT2D eigenvalue weighted by molar-refractivity contribution is 5.91. The molecule has 0 aliphatic carbocycles. The van der Waals surface area contributed by atoms with E-state index in [2.05, 4.69) is 0 Å². The van der Waals surface area contributed by atoms with E-state index in [4.69, 9.17) is 16.3 Å². The highest BCUT2D eigenvalue weighted by Crippen LogP contribution is 2.08. The number of rotatable bonds is 2. The first-order chi connectivity index (χ1) is 6.28. The van der Waals surface area contributed by atoms with Crippen LogP contribution in [0.4, 0.5) is 4.79 Å². The summed E-state index contributed by atoms with van der Waals surface area (Å²) in [4.78, 5) is 22.3. The van der Waals surface area contributed by atoms with Gasteiger partial charge < -0.3 is 10.5 Å². The van der Waals surface area contributed by atoms with E-state index in [1.807, 2.05) is 0 Å². The number of hydrazine groups is 1. The van der Waals surface area contributed by atoms with Crippen molar-refractivity contribution in [2.75, 3.05) is 6.54 Å². The summed E-state index contributed by atoms with van der Waals surface area (Å²) < 4.78 is 4.87. The molecule has 14 heavy (non-hydrogen) atoms. The Bertz CT molecular complexity index is 222. The van der Waals surface area contributed by atoms with Crippen molar-refractivity contribution in [1.82, 2.24) is 5.01 Å². The number of hydrogen-bond donors (Lipinski definition) is 2. The zero-order valence-electron chi connectivity index (χ0n) is 8.74. The SMILES string of the molecule is CC(C)(C)OC(=O)N(N)C(=O)CCN. The minimum atomic E-state index is -0.865. The van der Waals surface area contributed by atoms with E-state index >= 15 is 0 Å². The van der Waals surface area contributed by atoms with Crippen LogP contribution in [0.1, 0.15) is 27.2 Å². The molecule has 0 aromatic heterocycles. The van der Waals surface area contributed by atoms with Gasteiger partial charge in [-0.3, -0.25) is 4.79 Å². The first kappa shape index (κ1) is 12.9. The van der Waals surface area contributed by atoms with Crippen LogP contribution in [0.3, 0.4) is 0 Å². The molecule has 0 rings (SSSR count). The highest BCUT2D eigenvalue weighted by Gasteiger charge is 2.23. The summed E-state index contributed by atoms with van der Waals surface area (Å²) in [6.45, 7) is 5.21. The molecular formula is C8H17N3O3. The van der Waals surface area contributed by atoms with Gasteiger partial charge in [-0.1, -0.05) is 0 Å². The molecule has 0 heterocycles. The van der Waals surface area contributed by atoms with Gasteiger partial charge in [-0.2, -0.15) is 5.01 Å². The quantitative estimate of drug-likeness (QED) is 0.373. The lowest BCUT2D eigenvalue weighted by molar-refractivity contribution is -0.130. The molecule has 0 fully saturated rings. The van der Waals surface area contributed by atoms with Gasteiger partial charge in [0.2, 0.25) is 5.91 Å². The first-order valence-corrected chi connectivity index (χ1v) is 4.28. The molecule has 4 N–H and O–H groups in total. The van der Waals surface area contributed by atoms with Gasteiger partial charge in [-0.15, -0.1) is 0 Å². The van der Waals surface area contributed by atoms with Crippen molar-refractivity contribution in [3.05, 3.63) is 0 Å². The van der Waals surface area contributed by atoms with Gasteiger partial charge in [0.05, 0.1) is 0 Å². The maximum atomic E-state index is 11.2. The third-order valence-electron chi connectivity index (χ3n) is 1.22. The topological polar surface area (TPSA) is 98.6 Å². The van der Waals surface area contributed by atoms with Gasteiger partial charge in [-0.05, 0) is 20.8 Å². The summed E-state index contributed by atoms with van der Waals surface area (Å²) in [6.07, 6.45) is -0.841. The number of amides is 2. The van der Waals surface area contributed by atoms with E-state index in [1.165, 1.54) is 0 Å². The van der Waals surface area contributed by atoms with Crippen LogP contribution in [0.5, 0.6) is 0 Å². The Morgan fingerprint density at radius 3 is 2.21 bits per heavy atom. The van der Waals surface area contributed by atoms with Crippen LogP contribution >= 0.6 is 0 Å². The predicted molar refractivity (Wildman–Crippen MR) is 50.9 cm³/mol. The fraction of sp³-hybridized carbons (Fsp3) is 0.750. The zero-order chi connectivity index (χ0) is 11.4. The fourth-order valence-electron chi connectivity index (χ4n) is 0.657. The van der Waals surface area contributed by atoms with Crippen LogP contribution in [0.25, 0.3) is 0 Å². The fourth-order valence-corrected chi connectivity index (χ4v) is 0.657. The van der Waals surface area contributed by atoms with E-state index in [1.54, 1.807) is 20.8 Å². The summed E-state index contributed by atoms with van der Waals surface area (Å²) in [6, 6.07) is 0. The second-order valence-electron chi connectivity index (χ2n) is 3.78. The van der Waals surface area contributed by atoms with Crippen LogP contribution < -0.4 is 11.6 Å². The average Bonchev–Trinajstić information content (AvgIpc) is 2.00. The van der Waals surface area contributed by atoms with Gasteiger partial charge in [0, 0.05) is 13.0 Å². The van der Waals surface area contributed by atoms with E-state index in [9.17, 15) is 9.59 Å². The van der Waals surface area contributed by atoms with E-state index in [-0.39, 0.29) is 13.0 Å². The smallest absolute Gasteiger partial charge is 0.431 e. The molecule has 0 saturated heterocycles. The van der Waals surface area contributed by atoms with Crippen LogP contribution in [0, 0.1) is 0 Å². The Labute approximate surface area is 83.1 Å². The first-order valence-electron chi connectivity index (χ1n) is 4.28. The molecule has 0 aliphatic heterocycles. The molecule has 0 unspecified atom stereocenters. The van der Waals surface area contributed by atoms with Crippen molar-refractivity contribution >= 4 is 12.0 Å². The Hall–Kier alpha value is -1.14. The largest absolute Gasteiger partial charge is 0.442 e. The molecular weight excluding hydrogens is 186 g/mol. The van der Waals surface area contributed by atoms with Crippen LogP contribution in [0.2, 0.25) is 0 Å². The van der Waals surface area contributed by atoms with Gasteiger partial charge in [0.15, 0.2) is 0 Å². The molecule has 0 atom stereocenters. The average molecular weight is 203 g/mol. The predicted octanol–water partition coefficient (Wildman–Crippen LogP) is -0.0274. The Kier molecular flexibility index (Phi) is 4.52. The Morgan fingerprint density at radius 1 is 1.36 bits per heavy atom. The minimum absolute atomic E-state index is 0.0236. The third-order valence-corrected chi connectivity index (χ3v) is 1.22. The molecule has 6 nitrogen and oxygen atoms in total. The molecule has 0 radical (unpaired) electrons. The Morgan fingerprint density at radius 2 is 1.86 bits per heavy atom. The summed E-state index contributed by atoms with van der Waals surface area (Å²) >= 11 is 0. The zero-order valence-corrected chi connectivity index (χ0v) is 8.74. The lowest BCUT2D eigenvalue weighted by Crippen LogP contribution is -2.45. The number of carbonyl (C=O) groups is 2. The lowest BCUT2D eigenvalue weighted by Gasteiger charge is -2.22. The molecule has 0 aromatic rings. The van der Waals surface area contributed by atoms with E-state index in [0.29, 0.717) is 5.01 Å². The number of imide groups is 1. The summed E-state index contributed by atoms with van der Waals surface area (Å²) in [5.41, 5.74) is 4.47. The molecule has 0 bridgehead atoms. The van der Waals surface area contributed by atoms with E-state index in [0.717, 1.165) is 0 Å². The monoisotopic (exact) mass is 203 g/mol. The van der Waals surface area contributed by atoms with Crippen molar-refractivity contribution in [2.45, 2.75) is 32.8 Å². The van der Waals surface area contributed by atoms with Gasteiger partial charge in [-0.25, -0.2) is 10.6 Å². The molecule has 0 aliphatic rings. The number of nitrogens with two attached hydrogens (primary N) is 2. The van der Waals surface area contributed by atoms with Crippen molar-refractivity contribution in [2.24, 2.45) is 11.6 Å².